The van der Waals surface area contributed by atoms with Crippen LogP contribution in [0.2, 0.25) is 0 Å². The van der Waals surface area contributed by atoms with Crippen LogP contribution in [0.5, 0.6) is 0 Å². The molecule has 0 rings (SSSR count). The SMILES string of the molecule is C=C/C(C)=C/COP(=O)([O-])OP(=O)([O-])O. The first-order valence-electron chi connectivity index (χ1n) is 3.66. The fourth-order valence-corrected chi connectivity index (χ4v) is 1.95. The summed E-state index contributed by atoms with van der Waals surface area (Å²) in [6.45, 7) is 4.63. The normalized spacial score (nSPS) is 20.4. The minimum atomic E-state index is -5.35. The molecule has 9 heteroatoms. The number of phosphoric acid groups is 2. The van der Waals surface area contributed by atoms with Gasteiger partial charge in [0.15, 0.2) is 0 Å². The Bertz CT molecular complexity index is 341. The van der Waals surface area contributed by atoms with Crippen molar-refractivity contribution < 1.29 is 32.6 Å². The van der Waals surface area contributed by atoms with Gasteiger partial charge in [-0.2, -0.15) is 0 Å². The van der Waals surface area contributed by atoms with Crippen LogP contribution in [0.4, 0.5) is 0 Å². The van der Waals surface area contributed by atoms with Crippen LogP contribution >= 0.6 is 15.6 Å². The Labute approximate surface area is 86.9 Å². The maximum absolute atomic E-state index is 10.7. The third-order valence-electron chi connectivity index (χ3n) is 1.16. The lowest BCUT2D eigenvalue weighted by Crippen LogP contribution is -2.11. The second-order valence-corrected chi connectivity index (χ2v) is 5.19. The summed E-state index contributed by atoms with van der Waals surface area (Å²) in [4.78, 5) is 28.9. The zero-order chi connectivity index (χ0) is 12.1. The molecule has 0 heterocycles. The molecule has 0 fully saturated rings. The van der Waals surface area contributed by atoms with Gasteiger partial charge in [-0.1, -0.05) is 24.3 Å². The van der Waals surface area contributed by atoms with Crippen molar-refractivity contribution in [2.75, 3.05) is 6.61 Å². The first-order chi connectivity index (χ1) is 6.66. The highest BCUT2D eigenvalue weighted by Crippen LogP contribution is 2.52. The standard InChI is InChI=1S/C6H12O7P2/c1-3-6(2)4-5-12-15(10,11)13-14(7,8)9/h3-4H,1,5H2,2H3,(H,10,11)(H2,7,8,9)/p-2/b6-4+. The molecular formula is C6H10O7P2-2. The summed E-state index contributed by atoms with van der Waals surface area (Å²) in [5.74, 6) is 0. The molecule has 0 aliphatic carbocycles. The van der Waals surface area contributed by atoms with Crippen LogP contribution < -0.4 is 9.79 Å². The highest BCUT2D eigenvalue weighted by atomic mass is 31.3. The van der Waals surface area contributed by atoms with E-state index in [1.165, 1.54) is 12.2 Å². The predicted molar refractivity (Wildman–Crippen MR) is 48.4 cm³/mol. The summed E-state index contributed by atoms with van der Waals surface area (Å²) in [6, 6.07) is 0. The molecule has 0 saturated carbocycles. The Kier molecular flexibility index (Phi) is 5.62. The zero-order valence-electron chi connectivity index (χ0n) is 7.86. The quantitative estimate of drug-likeness (QED) is 0.527. The maximum Gasteiger partial charge on any atom is 0.274 e. The van der Waals surface area contributed by atoms with Crippen molar-refractivity contribution in [1.29, 1.82) is 0 Å². The lowest BCUT2D eigenvalue weighted by atomic mass is 10.3. The van der Waals surface area contributed by atoms with E-state index in [1.807, 2.05) is 0 Å². The fraction of sp³-hybridized carbons (Fsp3) is 0.333. The molecule has 0 radical (unpaired) electrons. The summed E-state index contributed by atoms with van der Waals surface area (Å²) in [6.07, 6.45) is 2.79. The Morgan fingerprint density at radius 3 is 2.47 bits per heavy atom. The van der Waals surface area contributed by atoms with Crippen LogP contribution in [-0.4, -0.2) is 11.5 Å². The van der Waals surface area contributed by atoms with E-state index in [0.29, 0.717) is 5.57 Å². The average molecular weight is 256 g/mol. The van der Waals surface area contributed by atoms with Crippen molar-refractivity contribution >= 4 is 15.6 Å². The zero-order valence-corrected chi connectivity index (χ0v) is 9.65. The molecule has 0 aromatic heterocycles. The Hall–Kier alpha value is -0.260. The Balaban J connectivity index is 4.23. The van der Waals surface area contributed by atoms with Gasteiger partial charge in [-0.05, 0) is 6.92 Å². The molecule has 0 aliphatic heterocycles. The van der Waals surface area contributed by atoms with Gasteiger partial charge in [0.2, 0.25) is 0 Å². The summed E-state index contributed by atoms with van der Waals surface area (Å²) in [5, 5.41) is 0. The van der Waals surface area contributed by atoms with E-state index in [9.17, 15) is 18.9 Å². The van der Waals surface area contributed by atoms with Gasteiger partial charge in [0.1, 0.15) is 0 Å². The molecule has 2 unspecified atom stereocenters. The number of phosphoric ester groups is 1. The van der Waals surface area contributed by atoms with Crippen LogP contribution in [0, 0.1) is 0 Å². The van der Waals surface area contributed by atoms with Gasteiger partial charge in [-0.3, -0.25) is 9.13 Å². The smallest absolute Gasteiger partial charge is 0.274 e. The van der Waals surface area contributed by atoms with Gasteiger partial charge in [0.25, 0.3) is 15.6 Å². The first-order valence-corrected chi connectivity index (χ1v) is 6.62. The van der Waals surface area contributed by atoms with E-state index in [4.69, 9.17) is 4.89 Å². The lowest BCUT2D eigenvalue weighted by molar-refractivity contribution is -0.240. The Morgan fingerprint density at radius 2 is 2.07 bits per heavy atom. The Morgan fingerprint density at radius 1 is 1.53 bits per heavy atom. The molecule has 1 N–H and O–H groups in total. The van der Waals surface area contributed by atoms with Crippen LogP contribution in [0.3, 0.4) is 0 Å². The molecule has 7 nitrogen and oxygen atoms in total. The minimum absolute atomic E-state index is 0.404. The number of rotatable bonds is 6. The van der Waals surface area contributed by atoms with Gasteiger partial charge in [-0.25, -0.2) is 4.31 Å². The first kappa shape index (κ1) is 14.7. The molecule has 88 valence electrons. The van der Waals surface area contributed by atoms with E-state index >= 15 is 0 Å². The van der Waals surface area contributed by atoms with Crippen molar-refractivity contribution in [2.24, 2.45) is 0 Å². The van der Waals surface area contributed by atoms with Crippen molar-refractivity contribution in [3.63, 3.8) is 0 Å². The van der Waals surface area contributed by atoms with Crippen molar-refractivity contribution in [1.82, 2.24) is 0 Å². The monoisotopic (exact) mass is 256 g/mol. The van der Waals surface area contributed by atoms with Gasteiger partial charge in [-0.15, -0.1) is 0 Å². The largest absolute Gasteiger partial charge is 0.756 e. The van der Waals surface area contributed by atoms with Crippen LogP contribution in [0.25, 0.3) is 0 Å². The summed E-state index contributed by atoms with van der Waals surface area (Å²) in [7, 11) is -10.4. The van der Waals surface area contributed by atoms with Crippen LogP contribution in [0.1, 0.15) is 6.92 Å². The molecule has 0 aliphatic rings. The second-order valence-electron chi connectivity index (χ2n) is 2.45. The van der Waals surface area contributed by atoms with E-state index < -0.39 is 22.3 Å². The van der Waals surface area contributed by atoms with Gasteiger partial charge >= 0.3 is 0 Å². The van der Waals surface area contributed by atoms with Gasteiger partial charge in [0.05, 0.1) is 6.61 Å². The van der Waals surface area contributed by atoms with Crippen LogP contribution in [-0.2, 0) is 18.0 Å². The maximum atomic E-state index is 10.7. The topological polar surface area (TPSA) is 119 Å². The van der Waals surface area contributed by atoms with E-state index in [-0.39, 0.29) is 0 Å². The molecule has 2 atom stereocenters. The molecule has 0 spiro atoms. The molecule has 0 aromatic carbocycles. The molecular weight excluding hydrogens is 246 g/mol. The van der Waals surface area contributed by atoms with Crippen molar-refractivity contribution in [2.45, 2.75) is 6.92 Å². The minimum Gasteiger partial charge on any atom is -0.756 e. The van der Waals surface area contributed by atoms with E-state index in [0.717, 1.165) is 0 Å². The molecule has 0 aromatic rings. The lowest BCUT2D eigenvalue weighted by Gasteiger charge is -2.26. The van der Waals surface area contributed by atoms with Crippen molar-refractivity contribution in [3.05, 3.63) is 24.3 Å². The summed E-state index contributed by atoms with van der Waals surface area (Å²) < 4.78 is 28.2. The predicted octanol–water partition coefficient (Wildman–Crippen LogP) is 0.0810. The third kappa shape index (κ3) is 8.72. The number of allylic oxidation sites excluding steroid dienone is 2. The molecule has 0 bridgehead atoms. The highest BCUT2D eigenvalue weighted by molar-refractivity contribution is 7.59. The summed E-state index contributed by atoms with van der Waals surface area (Å²) in [5.41, 5.74) is 0.643. The fourth-order valence-electron chi connectivity index (χ4n) is 0.493. The third-order valence-corrected chi connectivity index (χ3v) is 3.25. The highest BCUT2D eigenvalue weighted by Gasteiger charge is 2.15. The molecule has 15 heavy (non-hydrogen) atoms. The van der Waals surface area contributed by atoms with E-state index in [2.05, 4.69) is 15.4 Å². The average Bonchev–Trinajstić information content (AvgIpc) is 1.98. The van der Waals surface area contributed by atoms with E-state index in [1.54, 1.807) is 6.92 Å². The second kappa shape index (κ2) is 5.72. The van der Waals surface area contributed by atoms with Gasteiger partial charge < -0.3 is 19.2 Å². The summed E-state index contributed by atoms with van der Waals surface area (Å²) >= 11 is 0. The van der Waals surface area contributed by atoms with Gasteiger partial charge in [0, 0.05) is 0 Å². The van der Waals surface area contributed by atoms with Crippen LogP contribution in [0.15, 0.2) is 24.3 Å². The van der Waals surface area contributed by atoms with Crippen molar-refractivity contribution in [3.8, 4) is 0 Å². The number of hydrogen-bond donors (Lipinski definition) is 1. The molecule has 0 saturated heterocycles. The molecule has 0 amide bonds. The number of hydrogen-bond acceptors (Lipinski definition) is 6.